The normalized spacial score (nSPS) is 33.0. The largest absolute Gasteiger partial charge is 0.467 e. The van der Waals surface area contributed by atoms with E-state index >= 15 is 0 Å². The average Bonchev–Trinajstić information content (AvgIpc) is 2.59. The van der Waals surface area contributed by atoms with Crippen LogP contribution in [0.4, 0.5) is 4.79 Å². The number of aliphatic hydroxyl groups is 1. The van der Waals surface area contributed by atoms with Gasteiger partial charge in [-0.2, -0.15) is 0 Å². The standard InChI is InChI=1S/C14H23NO5/c1-13(2,3)20-12(17)15-9-5-6-10(15)8-14(18,7-9)11(16)19-4/h9-10,18H,5-8H2,1-4H3/t9-,10+,14?. The smallest absolute Gasteiger partial charge is 0.410 e. The van der Waals surface area contributed by atoms with E-state index in [1.54, 1.807) is 4.90 Å². The number of hydrogen-bond donors (Lipinski definition) is 1. The van der Waals surface area contributed by atoms with Gasteiger partial charge in [-0.25, -0.2) is 9.59 Å². The first-order valence-corrected chi connectivity index (χ1v) is 6.98. The zero-order valence-corrected chi connectivity index (χ0v) is 12.5. The van der Waals surface area contributed by atoms with Crippen LogP contribution in [-0.2, 0) is 14.3 Å². The summed E-state index contributed by atoms with van der Waals surface area (Å²) in [5.41, 5.74) is -2.02. The molecule has 2 rings (SSSR count). The van der Waals surface area contributed by atoms with Crippen LogP contribution in [0.3, 0.4) is 0 Å². The van der Waals surface area contributed by atoms with Crippen LogP contribution in [0, 0.1) is 0 Å². The van der Waals surface area contributed by atoms with Crippen LogP contribution in [0.25, 0.3) is 0 Å². The van der Waals surface area contributed by atoms with Gasteiger partial charge < -0.3 is 19.5 Å². The number of rotatable bonds is 1. The first kappa shape index (κ1) is 15.1. The molecule has 1 N–H and O–H groups in total. The lowest BCUT2D eigenvalue weighted by atomic mass is 9.86. The van der Waals surface area contributed by atoms with Crippen molar-refractivity contribution < 1.29 is 24.2 Å². The number of methoxy groups -OCH3 is 1. The third kappa shape index (κ3) is 2.75. The molecule has 3 atom stereocenters. The summed E-state index contributed by atoms with van der Waals surface area (Å²) in [6, 6.07) is -0.319. The SMILES string of the molecule is COC(=O)C1(O)C[C@H]2CC[C@@H](C1)N2C(=O)OC(C)(C)C. The topological polar surface area (TPSA) is 76.1 Å². The maximum atomic E-state index is 12.2. The Bertz CT molecular complexity index is 400. The van der Waals surface area contributed by atoms with Gasteiger partial charge in [0, 0.05) is 24.9 Å². The van der Waals surface area contributed by atoms with Gasteiger partial charge in [0.25, 0.3) is 0 Å². The molecule has 20 heavy (non-hydrogen) atoms. The summed E-state index contributed by atoms with van der Waals surface area (Å²) in [5, 5.41) is 10.4. The summed E-state index contributed by atoms with van der Waals surface area (Å²) in [6.07, 6.45) is 1.63. The Morgan fingerprint density at radius 1 is 1.20 bits per heavy atom. The molecular weight excluding hydrogens is 262 g/mol. The molecule has 2 heterocycles. The Morgan fingerprint density at radius 2 is 1.70 bits per heavy atom. The molecule has 2 bridgehead atoms. The fourth-order valence-corrected chi connectivity index (χ4v) is 3.19. The second-order valence-corrected chi connectivity index (χ2v) is 6.70. The first-order chi connectivity index (χ1) is 9.16. The van der Waals surface area contributed by atoms with Crippen molar-refractivity contribution in [2.75, 3.05) is 7.11 Å². The molecule has 2 aliphatic heterocycles. The monoisotopic (exact) mass is 285 g/mol. The zero-order valence-electron chi connectivity index (χ0n) is 12.5. The lowest BCUT2D eigenvalue weighted by Gasteiger charge is -2.42. The molecule has 2 aliphatic rings. The van der Waals surface area contributed by atoms with E-state index in [9.17, 15) is 14.7 Å². The van der Waals surface area contributed by atoms with Crippen LogP contribution in [0.15, 0.2) is 0 Å². The highest BCUT2D eigenvalue weighted by molar-refractivity contribution is 5.80. The molecule has 0 aromatic rings. The van der Waals surface area contributed by atoms with Crippen LogP contribution in [-0.4, -0.2) is 52.5 Å². The first-order valence-electron chi connectivity index (χ1n) is 6.98. The molecule has 1 unspecified atom stereocenters. The minimum Gasteiger partial charge on any atom is -0.467 e. The van der Waals surface area contributed by atoms with Crippen molar-refractivity contribution in [1.29, 1.82) is 0 Å². The fraction of sp³-hybridized carbons (Fsp3) is 0.857. The minimum atomic E-state index is -1.47. The van der Waals surface area contributed by atoms with Crippen molar-refractivity contribution in [3.63, 3.8) is 0 Å². The van der Waals surface area contributed by atoms with Crippen molar-refractivity contribution in [2.24, 2.45) is 0 Å². The molecule has 1 amide bonds. The van der Waals surface area contributed by atoms with Gasteiger partial charge in [-0.05, 0) is 33.6 Å². The molecule has 6 nitrogen and oxygen atoms in total. The van der Waals surface area contributed by atoms with Crippen molar-refractivity contribution in [2.45, 2.75) is 69.7 Å². The highest BCUT2D eigenvalue weighted by atomic mass is 16.6. The second-order valence-electron chi connectivity index (χ2n) is 6.70. The average molecular weight is 285 g/mol. The summed E-state index contributed by atoms with van der Waals surface area (Å²) >= 11 is 0. The highest BCUT2D eigenvalue weighted by Crippen LogP contribution is 2.42. The summed E-state index contributed by atoms with van der Waals surface area (Å²) < 4.78 is 10.1. The number of amides is 1. The Morgan fingerprint density at radius 3 is 2.10 bits per heavy atom. The summed E-state index contributed by atoms with van der Waals surface area (Å²) in [6.45, 7) is 5.46. The Kier molecular flexibility index (Phi) is 3.71. The van der Waals surface area contributed by atoms with E-state index in [1.165, 1.54) is 7.11 Å². The van der Waals surface area contributed by atoms with Gasteiger partial charge in [0.15, 0.2) is 5.60 Å². The highest BCUT2D eigenvalue weighted by Gasteiger charge is 2.54. The minimum absolute atomic E-state index is 0.160. The van der Waals surface area contributed by atoms with Gasteiger partial charge in [-0.1, -0.05) is 0 Å². The molecule has 6 heteroatoms. The zero-order chi connectivity index (χ0) is 15.1. The molecule has 2 saturated heterocycles. The predicted octanol–water partition coefficient (Wildman–Crippen LogP) is 1.45. The van der Waals surface area contributed by atoms with Crippen LogP contribution >= 0.6 is 0 Å². The van der Waals surface area contributed by atoms with Crippen molar-refractivity contribution in [1.82, 2.24) is 4.90 Å². The van der Waals surface area contributed by atoms with E-state index in [4.69, 9.17) is 4.74 Å². The number of hydrogen-bond acceptors (Lipinski definition) is 5. The predicted molar refractivity (Wildman–Crippen MR) is 71.1 cm³/mol. The number of carbonyl (C=O) groups excluding carboxylic acids is 2. The molecule has 0 aromatic carbocycles. The third-order valence-corrected chi connectivity index (χ3v) is 3.94. The molecule has 0 radical (unpaired) electrons. The van der Waals surface area contributed by atoms with Crippen molar-refractivity contribution in [3.05, 3.63) is 0 Å². The number of carbonyl (C=O) groups is 2. The van der Waals surface area contributed by atoms with Gasteiger partial charge >= 0.3 is 12.1 Å². The van der Waals surface area contributed by atoms with Crippen LogP contribution < -0.4 is 0 Å². The van der Waals surface area contributed by atoms with E-state index in [-0.39, 0.29) is 31.0 Å². The number of esters is 1. The Hall–Kier alpha value is -1.30. The lowest BCUT2D eigenvalue weighted by molar-refractivity contribution is -0.170. The molecule has 0 aliphatic carbocycles. The quantitative estimate of drug-likeness (QED) is 0.738. The number of nitrogens with zero attached hydrogens (tertiary/aromatic N) is 1. The van der Waals surface area contributed by atoms with Gasteiger partial charge in [0.2, 0.25) is 0 Å². The molecule has 0 aromatic heterocycles. The van der Waals surface area contributed by atoms with E-state index in [1.807, 2.05) is 20.8 Å². The van der Waals surface area contributed by atoms with Gasteiger partial charge in [0.1, 0.15) is 5.60 Å². The Labute approximate surface area is 119 Å². The summed E-state index contributed by atoms with van der Waals surface area (Å²) in [4.78, 5) is 25.6. The third-order valence-electron chi connectivity index (χ3n) is 3.94. The van der Waals surface area contributed by atoms with Gasteiger partial charge in [-0.3, -0.25) is 0 Å². The maximum Gasteiger partial charge on any atom is 0.410 e. The van der Waals surface area contributed by atoms with E-state index in [0.29, 0.717) is 0 Å². The number of ether oxygens (including phenoxy) is 2. The fourth-order valence-electron chi connectivity index (χ4n) is 3.19. The van der Waals surface area contributed by atoms with Gasteiger partial charge in [-0.15, -0.1) is 0 Å². The lowest BCUT2D eigenvalue weighted by Crippen LogP contribution is -2.57. The molecular formula is C14H23NO5. The maximum absolute atomic E-state index is 12.2. The molecule has 2 fully saturated rings. The number of fused-ring (bicyclic) bond motifs is 2. The molecule has 114 valence electrons. The van der Waals surface area contributed by atoms with E-state index < -0.39 is 17.2 Å². The number of piperidine rings is 1. The second kappa shape index (κ2) is 4.91. The van der Waals surface area contributed by atoms with Crippen LogP contribution in [0.5, 0.6) is 0 Å². The Balaban J connectivity index is 2.11. The van der Waals surface area contributed by atoms with Crippen molar-refractivity contribution in [3.8, 4) is 0 Å². The molecule has 0 saturated carbocycles. The summed E-state index contributed by atoms with van der Waals surface area (Å²) in [7, 11) is 1.27. The summed E-state index contributed by atoms with van der Waals surface area (Å²) in [5.74, 6) is -0.613. The van der Waals surface area contributed by atoms with Crippen molar-refractivity contribution >= 4 is 12.1 Å². The van der Waals surface area contributed by atoms with Gasteiger partial charge in [0.05, 0.1) is 7.11 Å². The van der Waals surface area contributed by atoms with Crippen LogP contribution in [0.2, 0.25) is 0 Å². The van der Waals surface area contributed by atoms with Crippen LogP contribution in [0.1, 0.15) is 46.5 Å². The van der Waals surface area contributed by atoms with E-state index in [2.05, 4.69) is 4.74 Å². The van der Waals surface area contributed by atoms with E-state index in [0.717, 1.165) is 12.8 Å². The molecule has 0 spiro atoms.